The Morgan fingerprint density at radius 1 is 0.655 bits per heavy atom. The first kappa shape index (κ1) is 19.4. The van der Waals surface area contributed by atoms with Crippen LogP contribution in [0.1, 0.15) is 49.9 Å². The van der Waals surface area contributed by atoms with E-state index in [4.69, 9.17) is 0 Å². The van der Waals surface area contributed by atoms with E-state index in [0.717, 1.165) is 22.3 Å². The molecule has 1 heteroatoms. The monoisotopic (exact) mass is 380 g/mol. The Kier molecular flexibility index (Phi) is 5.02. The van der Waals surface area contributed by atoms with Crippen molar-refractivity contribution < 1.29 is 5.11 Å². The summed E-state index contributed by atoms with van der Waals surface area (Å²) in [5, 5.41) is 12.3. The smallest absolute Gasteiger partial charge is 0.141 e. The maximum Gasteiger partial charge on any atom is 0.141 e. The van der Waals surface area contributed by atoms with E-state index in [2.05, 4.69) is 45.9 Å². The van der Waals surface area contributed by atoms with Crippen molar-refractivity contribution in [2.75, 3.05) is 0 Å². The molecule has 0 heterocycles. The number of benzene rings is 3. The molecule has 0 aromatic heterocycles. The van der Waals surface area contributed by atoms with Crippen LogP contribution in [0.15, 0.2) is 102 Å². The number of hydrogen-bond acceptors (Lipinski definition) is 1. The molecule has 3 aromatic rings. The van der Waals surface area contributed by atoms with Gasteiger partial charge >= 0.3 is 0 Å². The first-order valence-corrected chi connectivity index (χ1v) is 10.3. The van der Waals surface area contributed by atoms with Crippen LogP contribution in [0.5, 0.6) is 0 Å². The third kappa shape index (κ3) is 3.07. The Morgan fingerprint density at radius 2 is 1.14 bits per heavy atom. The van der Waals surface area contributed by atoms with E-state index >= 15 is 0 Å². The molecule has 4 rings (SSSR count). The van der Waals surface area contributed by atoms with Crippen molar-refractivity contribution in [3.63, 3.8) is 0 Å². The van der Waals surface area contributed by atoms with Crippen molar-refractivity contribution in [1.82, 2.24) is 0 Å². The Labute approximate surface area is 174 Å². The lowest BCUT2D eigenvalue weighted by molar-refractivity contribution is 0.125. The summed E-state index contributed by atoms with van der Waals surface area (Å²) in [5.74, 6) is 0.340. The van der Waals surface area contributed by atoms with Gasteiger partial charge in [-0.25, -0.2) is 0 Å². The van der Waals surface area contributed by atoms with Crippen molar-refractivity contribution in [3.8, 4) is 0 Å². The zero-order valence-electron chi connectivity index (χ0n) is 17.6. The van der Waals surface area contributed by atoms with Crippen molar-refractivity contribution in [1.29, 1.82) is 0 Å². The van der Waals surface area contributed by atoms with Gasteiger partial charge in [-0.15, -0.1) is 0 Å². The molecule has 0 fully saturated rings. The minimum atomic E-state index is -1.23. The van der Waals surface area contributed by atoms with Crippen LogP contribution in [-0.4, -0.2) is 5.11 Å². The Balaban J connectivity index is 2.01. The molecular formula is C28H28O. The molecule has 1 nitrogen and oxygen atoms in total. The zero-order valence-corrected chi connectivity index (χ0v) is 17.6. The standard InChI is InChI=1S/C28H28O/c1-19-20(2)22(4)27(21(19)3)25-17-11-12-18-26(25)28(29,23-13-7-5-8-14-23)24-15-9-6-10-16-24/h5-18,21,29H,1-4H3. The van der Waals surface area contributed by atoms with Crippen LogP contribution in [0.25, 0.3) is 5.57 Å². The summed E-state index contributed by atoms with van der Waals surface area (Å²) in [7, 11) is 0. The first-order chi connectivity index (χ1) is 14.0. The molecule has 29 heavy (non-hydrogen) atoms. The molecule has 0 aliphatic heterocycles. The van der Waals surface area contributed by atoms with E-state index in [1.165, 1.54) is 22.3 Å². The number of rotatable bonds is 4. The lowest BCUT2D eigenvalue weighted by Crippen LogP contribution is -2.30. The summed E-state index contributed by atoms with van der Waals surface area (Å²) < 4.78 is 0. The molecule has 1 aliphatic carbocycles. The average molecular weight is 381 g/mol. The molecule has 0 saturated heterocycles. The van der Waals surface area contributed by atoms with E-state index in [1.807, 2.05) is 66.7 Å². The molecule has 0 spiro atoms. The first-order valence-electron chi connectivity index (χ1n) is 10.3. The quantitative estimate of drug-likeness (QED) is 0.498. The molecule has 1 aliphatic rings. The fraction of sp³-hybridized carbons (Fsp3) is 0.214. The molecule has 1 atom stereocenters. The van der Waals surface area contributed by atoms with Gasteiger partial charge in [-0.2, -0.15) is 0 Å². The third-order valence-corrected chi connectivity index (χ3v) is 6.63. The molecular weight excluding hydrogens is 352 g/mol. The van der Waals surface area contributed by atoms with E-state index in [-0.39, 0.29) is 0 Å². The average Bonchev–Trinajstić information content (AvgIpc) is 2.97. The van der Waals surface area contributed by atoms with E-state index in [0.29, 0.717) is 5.92 Å². The highest BCUT2D eigenvalue weighted by Crippen LogP contribution is 2.47. The highest BCUT2D eigenvalue weighted by atomic mass is 16.3. The normalized spacial score (nSPS) is 17.2. The second kappa shape index (κ2) is 7.50. The lowest BCUT2D eigenvalue weighted by Gasteiger charge is -2.33. The lowest BCUT2D eigenvalue weighted by atomic mass is 9.75. The summed E-state index contributed by atoms with van der Waals surface area (Å²) in [6, 6.07) is 28.3. The minimum Gasteiger partial charge on any atom is -0.376 e. The van der Waals surface area contributed by atoms with Gasteiger partial charge in [0.25, 0.3) is 0 Å². The summed E-state index contributed by atoms with van der Waals surface area (Å²) in [6.07, 6.45) is 0. The Bertz CT molecular complexity index is 1050. The fourth-order valence-corrected chi connectivity index (χ4v) is 4.67. The van der Waals surface area contributed by atoms with Gasteiger partial charge in [-0.05, 0) is 54.2 Å². The summed E-state index contributed by atoms with van der Waals surface area (Å²) >= 11 is 0. The molecule has 0 amide bonds. The fourth-order valence-electron chi connectivity index (χ4n) is 4.67. The molecule has 0 bridgehead atoms. The van der Waals surface area contributed by atoms with Crippen LogP contribution in [0.3, 0.4) is 0 Å². The maximum atomic E-state index is 12.3. The Morgan fingerprint density at radius 3 is 1.62 bits per heavy atom. The molecule has 1 N–H and O–H groups in total. The summed E-state index contributed by atoms with van der Waals surface area (Å²) in [5.41, 5.74) is 8.02. The van der Waals surface area contributed by atoms with Gasteiger partial charge in [0.1, 0.15) is 5.60 Å². The van der Waals surface area contributed by atoms with Gasteiger partial charge in [-0.3, -0.25) is 0 Å². The second-order valence-electron chi connectivity index (χ2n) is 8.06. The highest BCUT2D eigenvalue weighted by Gasteiger charge is 2.37. The van der Waals surface area contributed by atoms with Crippen LogP contribution >= 0.6 is 0 Å². The minimum absolute atomic E-state index is 0.340. The van der Waals surface area contributed by atoms with Gasteiger partial charge in [-0.1, -0.05) is 97.4 Å². The predicted octanol–water partition coefficient (Wildman–Crippen LogP) is 6.73. The van der Waals surface area contributed by atoms with Gasteiger partial charge in [0.05, 0.1) is 0 Å². The summed E-state index contributed by atoms with van der Waals surface area (Å²) in [4.78, 5) is 0. The molecule has 1 unspecified atom stereocenters. The topological polar surface area (TPSA) is 20.2 Å². The maximum absolute atomic E-state index is 12.3. The number of aliphatic hydroxyl groups is 1. The highest BCUT2D eigenvalue weighted by molar-refractivity contribution is 5.82. The van der Waals surface area contributed by atoms with Crippen LogP contribution in [0.2, 0.25) is 0 Å². The Hall–Kier alpha value is -2.90. The van der Waals surface area contributed by atoms with Crippen molar-refractivity contribution in [3.05, 3.63) is 124 Å². The van der Waals surface area contributed by atoms with E-state index < -0.39 is 5.60 Å². The van der Waals surface area contributed by atoms with Gasteiger partial charge in [0, 0.05) is 11.5 Å². The van der Waals surface area contributed by atoms with Gasteiger partial charge in [0.15, 0.2) is 0 Å². The predicted molar refractivity (Wildman–Crippen MR) is 122 cm³/mol. The van der Waals surface area contributed by atoms with Crippen molar-refractivity contribution in [2.24, 2.45) is 5.92 Å². The van der Waals surface area contributed by atoms with E-state index in [1.54, 1.807) is 0 Å². The number of allylic oxidation sites excluding steroid dienone is 4. The molecule has 3 aromatic carbocycles. The summed E-state index contributed by atoms with van der Waals surface area (Å²) in [6.45, 7) is 8.90. The molecule has 0 radical (unpaired) electrons. The largest absolute Gasteiger partial charge is 0.376 e. The van der Waals surface area contributed by atoms with Crippen molar-refractivity contribution in [2.45, 2.75) is 33.3 Å². The number of hydrogen-bond donors (Lipinski definition) is 1. The van der Waals surface area contributed by atoms with E-state index in [9.17, 15) is 5.11 Å². The van der Waals surface area contributed by atoms with Gasteiger partial charge in [0.2, 0.25) is 0 Å². The zero-order chi connectivity index (χ0) is 20.6. The van der Waals surface area contributed by atoms with Crippen LogP contribution < -0.4 is 0 Å². The molecule has 0 saturated carbocycles. The third-order valence-electron chi connectivity index (χ3n) is 6.63. The van der Waals surface area contributed by atoms with Crippen LogP contribution in [0.4, 0.5) is 0 Å². The van der Waals surface area contributed by atoms with Crippen LogP contribution in [0, 0.1) is 5.92 Å². The van der Waals surface area contributed by atoms with Gasteiger partial charge < -0.3 is 5.11 Å². The molecule has 146 valence electrons. The SMILES string of the molecule is CC1=C(C)C(C)C(c2ccccc2C(O)(c2ccccc2)c2ccccc2)=C1C. The second-order valence-corrected chi connectivity index (χ2v) is 8.06. The van der Waals surface area contributed by atoms with Crippen LogP contribution in [-0.2, 0) is 5.60 Å². The van der Waals surface area contributed by atoms with Crippen molar-refractivity contribution >= 4 is 5.57 Å².